The van der Waals surface area contributed by atoms with Gasteiger partial charge in [0.05, 0.1) is 18.2 Å². The smallest absolute Gasteiger partial charge is 0.328 e. The lowest BCUT2D eigenvalue weighted by atomic mass is 10.2. The lowest BCUT2D eigenvalue weighted by Gasteiger charge is -2.34. The maximum absolute atomic E-state index is 12.4. The second-order valence-corrected chi connectivity index (χ2v) is 5.06. The Morgan fingerprint density at radius 2 is 2.19 bits per heavy atom. The Labute approximate surface area is 127 Å². The fourth-order valence-electron chi connectivity index (χ4n) is 2.09. The highest BCUT2D eigenvalue weighted by Crippen LogP contribution is 2.24. The van der Waals surface area contributed by atoms with Crippen LogP contribution in [0.1, 0.15) is 6.92 Å². The fraction of sp³-hybridized carbons (Fsp3) is 0.429. The molecule has 1 aromatic carbocycles. The van der Waals surface area contributed by atoms with Crippen molar-refractivity contribution in [1.82, 2.24) is 4.90 Å². The molecule has 1 saturated heterocycles. The van der Waals surface area contributed by atoms with Gasteiger partial charge in [-0.2, -0.15) is 0 Å². The summed E-state index contributed by atoms with van der Waals surface area (Å²) in [5.41, 5.74) is 0. The Bertz CT molecular complexity index is 536. The monoisotopic (exact) mass is 313 g/mol. The van der Waals surface area contributed by atoms with E-state index < -0.39 is 24.0 Å². The molecule has 0 unspecified atom stereocenters. The largest absolute Gasteiger partial charge is 0.480 e. The van der Waals surface area contributed by atoms with Crippen molar-refractivity contribution in [3.05, 3.63) is 29.3 Å². The predicted molar refractivity (Wildman–Crippen MR) is 75.5 cm³/mol. The number of benzene rings is 1. The molecule has 2 atom stereocenters. The molecule has 1 N–H and O–H groups in total. The molecule has 1 amide bonds. The Balaban J connectivity index is 2.07. The first kappa shape index (κ1) is 15.6. The zero-order valence-corrected chi connectivity index (χ0v) is 12.2. The van der Waals surface area contributed by atoms with E-state index in [2.05, 4.69) is 0 Å². The highest BCUT2D eigenvalue weighted by molar-refractivity contribution is 6.32. The molecule has 7 heteroatoms. The van der Waals surface area contributed by atoms with Crippen molar-refractivity contribution in [3.63, 3.8) is 0 Å². The van der Waals surface area contributed by atoms with Crippen molar-refractivity contribution in [2.24, 2.45) is 0 Å². The van der Waals surface area contributed by atoms with E-state index in [4.69, 9.17) is 26.2 Å². The molecule has 0 radical (unpaired) electrons. The van der Waals surface area contributed by atoms with Gasteiger partial charge in [-0.25, -0.2) is 4.79 Å². The lowest BCUT2D eigenvalue weighted by Crippen LogP contribution is -2.55. The standard InChI is InChI=1S/C14H16ClNO5/c1-9(21-12-5-3-2-4-10(12)15)13(17)16-6-7-20-8-11(16)14(18)19/h2-5,9,11H,6-8H2,1H3,(H,18,19)/t9-,11-/m0/s1. The molecule has 1 heterocycles. The van der Waals surface area contributed by atoms with Crippen molar-refractivity contribution in [1.29, 1.82) is 0 Å². The van der Waals surface area contributed by atoms with Crippen LogP contribution in [0.4, 0.5) is 0 Å². The van der Waals surface area contributed by atoms with Crippen LogP contribution in [-0.4, -0.2) is 53.8 Å². The van der Waals surface area contributed by atoms with E-state index in [1.165, 1.54) is 4.90 Å². The van der Waals surface area contributed by atoms with Gasteiger partial charge in [0.2, 0.25) is 0 Å². The minimum Gasteiger partial charge on any atom is -0.480 e. The summed E-state index contributed by atoms with van der Waals surface area (Å²) in [6.45, 7) is 2.10. The normalized spacial score (nSPS) is 19.9. The minimum absolute atomic E-state index is 0.0140. The SMILES string of the molecule is C[C@H](Oc1ccccc1Cl)C(=O)N1CCOC[C@H]1C(=O)O. The zero-order valence-electron chi connectivity index (χ0n) is 11.5. The van der Waals surface area contributed by atoms with E-state index in [0.717, 1.165) is 0 Å². The molecule has 0 spiro atoms. The van der Waals surface area contributed by atoms with Gasteiger partial charge >= 0.3 is 5.97 Å². The van der Waals surface area contributed by atoms with Crippen LogP contribution >= 0.6 is 11.6 Å². The van der Waals surface area contributed by atoms with E-state index in [1.54, 1.807) is 31.2 Å². The third kappa shape index (κ3) is 3.65. The number of aliphatic carboxylic acids is 1. The van der Waals surface area contributed by atoms with E-state index in [9.17, 15) is 9.59 Å². The molecule has 0 bridgehead atoms. The van der Waals surface area contributed by atoms with Gasteiger partial charge in [0, 0.05) is 6.54 Å². The summed E-state index contributed by atoms with van der Waals surface area (Å²) in [5, 5.41) is 9.53. The second-order valence-electron chi connectivity index (χ2n) is 4.65. The van der Waals surface area contributed by atoms with Crippen LogP contribution in [0.3, 0.4) is 0 Å². The van der Waals surface area contributed by atoms with E-state index in [1.807, 2.05) is 0 Å². The summed E-state index contributed by atoms with van der Waals surface area (Å²) in [6, 6.07) is 5.82. The van der Waals surface area contributed by atoms with Gasteiger partial charge in [-0.05, 0) is 19.1 Å². The van der Waals surface area contributed by atoms with Crippen LogP contribution < -0.4 is 4.74 Å². The third-order valence-electron chi connectivity index (χ3n) is 3.18. The summed E-state index contributed by atoms with van der Waals surface area (Å²) in [7, 11) is 0. The minimum atomic E-state index is -1.09. The number of rotatable bonds is 4. The number of halogens is 1. The maximum atomic E-state index is 12.4. The number of nitrogens with zero attached hydrogens (tertiary/aromatic N) is 1. The van der Waals surface area contributed by atoms with Crippen molar-refractivity contribution in [2.45, 2.75) is 19.1 Å². The Morgan fingerprint density at radius 1 is 1.48 bits per heavy atom. The number of para-hydroxylation sites is 1. The molecule has 1 aliphatic heterocycles. The van der Waals surface area contributed by atoms with Crippen LogP contribution in [0.2, 0.25) is 5.02 Å². The van der Waals surface area contributed by atoms with E-state index in [-0.39, 0.29) is 13.2 Å². The molecule has 1 fully saturated rings. The first-order chi connectivity index (χ1) is 10.0. The summed E-state index contributed by atoms with van der Waals surface area (Å²) in [6.07, 6.45) is -0.829. The number of carbonyl (C=O) groups is 2. The molecule has 6 nitrogen and oxygen atoms in total. The molecule has 21 heavy (non-hydrogen) atoms. The second kappa shape index (κ2) is 6.78. The number of hydrogen-bond acceptors (Lipinski definition) is 4. The molecule has 114 valence electrons. The van der Waals surface area contributed by atoms with Crippen LogP contribution in [-0.2, 0) is 14.3 Å². The number of carboxylic acids is 1. The summed E-state index contributed by atoms with van der Waals surface area (Å²) >= 11 is 5.97. The molecule has 1 aromatic rings. The third-order valence-corrected chi connectivity index (χ3v) is 3.50. The van der Waals surface area contributed by atoms with E-state index in [0.29, 0.717) is 17.4 Å². The Morgan fingerprint density at radius 3 is 2.86 bits per heavy atom. The molecule has 0 aromatic heterocycles. The van der Waals surface area contributed by atoms with Crippen LogP contribution in [0.5, 0.6) is 5.75 Å². The Kier molecular flexibility index (Phi) is 5.03. The zero-order chi connectivity index (χ0) is 15.4. The highest BCUT2D eigenvalue weighted by atomic mass is 35.5. The average molecular weight is 314 g/mol. The number of morpholine rings is 1. The van der Waals surface area contributed by atoms with Crippen LogP contribution in [0.15, 0.2) is 24.3 Å². The summed E-state index contributed by atoms with van der Waals surface area (Å²) in [5.74, 6) is -1.10. The van der Waals surface area contributed by atoms with Crippen molar-refractivity contribution in [2.75, 3.05) is 19.8 Å². The quantitative estimate of drug-likeness (QED) is 0.910. The number of hydrogen-bond donors (Lipinski definition) is 1. The van der Waals surface area contributed by atoms with Crippen LogP contribution in [0.25, 0.3) is 0 Å². The van der Waals surface area contributed by atoms with E-state index >= 15 is 0 Å². The molecular weight excluding hydrogens is 298 g/mol. The first-order valence-corrected chi connectivity index (χ1v) is 6.90. The summed E-state index contributed by atoms with van der Waals surface area (Å²) < 4.78 is 10.6. The number of carboxylic acid groups (broad SMARTS) is 1. The van der Waals surface area contributed by atoms with Crippen molar-refractivity contribution < 1.29 is 24.2 Å². The fourth-order valence-corrected chi connectivity index (χ4v) is 2.27. The number of carbonyl (C=O) groups excluding carboxylic acids is 1. The lowest BCUT2D eigenvalue weighted by molar-refractivity contribution is -0.161. The number of amides is 1. The molecule has 2 rings (SSSR count). The molecular formula is C14H16ClNO5. The van der Waals surface area contributed by atoms with Gasteiger partial charge in [-0.3, -0.25) is 4.79 Å². The molecule has 1 aliphatic rings. The predicted octanol–water partition coefficient (Wildman–Crippen LogP) is 1.42. The van der Waals surface area contributed by atoms with Gasteiger partial charge in [0.1, 0.15) is 5.75 Å². The van der Waals surface area contributed by atoms with Gasteiger partial charge in [0.15, 0.2) is 12.1 Å². The molecule has 0 aliphatic carbocycles. The van der Waals surface area contributed by atoms with Gasteiger partial charge in [-0.1, -0.05) is 23.7 Å². The summed E-state index contributed by atoms with van der Waals surface area (Å²) in [4.78, 5) is 24.8. The van der Waals surface area contributed by atoms with Gasteiger partial charge in [0.25, 0.3) is 5.91 Å². The Hall–Kier alpha value is -1.79. The maximum Gasteiger partial charge on any atom is 0.328 e. The average Bonchev–Trinajstić information content (AvgIpc) is 2.48. The highest BCUT2D eigenvalue weighted by Gasteiger charge is 2.35. The topological polar surface area (TPSA) is 76.1 Å². The van der Waals surface area contributed by atoms with Crippen molar-refractivity contribution in [3.8, 4) is 5.75 Å². The van der Waals surface area contributed by atoms with Crippen LogP contribution in [0, 0.1) is 0 Å². The number of ether oxygens (including phenoxy) is 2. The van der Waals surface area contributed by atoms with Crippen molar-refractivity contribution >= 4 is 23.5 Å². The first-order valence-electron chi connectivity index (χ1n) is 6.53. The molecule has 0 saturated carbocycles. The van der Waals surface area contributed by atoms with Gasteiger partial charge in [-0.15, -0.1) is 0 Å². The van der Waals surface area contributed by atoms with Gasteiger partial charge < -0.3 is 19.5 Å².